The molecule has 2 heterocycles. The van der Waals surface area contributed by atoms with E-state index < -0.39 is 0 Å². The van der Waals surface area contributed by atoms with Crippen LogP contribution < -0.4 is 15.0 Å². The van der Waals surface area contributed by atoms with E-state index in [4.69, 9.17) is 4.74 Å². The normalized spacial score (nSPS) is 16.7. The summed E-state index contributed by atoms with van der Waals surface area (Å²) in [5.41, 5.74) is 5.87. The average Bonchev–Trinajstić information content (AvgIpc) is 2.99. The molecule has 208 valence electrons. The van der Waals surface area contributed by atoms with Gasteiger partial charge in [-0.05, 0) is 88.1 Å². The van der Waals surface area contributed by atoms with Gasteiger partial charge in [-0.15, -0.1) is 0 Å². The zero-order valence-corrected chi connectivity index (χ0v) is 23.7. The summed E-state index contributed by atoms with van der Waals surface area (Å²) in [4.78, 5) is 38.4. The minimum absolute atomic E-state index is 0.0297. The molecule has 1 fully saturated rings. The fourth-order valence-corrected chi connectivity index (χ4v) is 5.79. The molecular weight excluding hydrogens is 490 g/mol. The third-order valence-corrected chi connectivity index (χ3v) is 8.10. The highest BCUT2D eigenvalue weighted by Gasteiger charge is 2.26. The van der Waals surface area contributed by atoms with Crippen molar-refractivity contribution < 1.29 is 14.3 Å². The first-order chi connectivity index (χ1) is 19.0. The number of amides is 1. The third kappa shape index (κ3) is 6.67. The van der Waals surface area contributed by atoms with Crippen LogP contribution in [0.2, 0.25) is 0 Å². The Labute approximate surface area is 232 Å². The van der Waals surface area contributed by atoms with Gasteiger partial charge in [-0.25, -0.2) is 9.97 Å². The first-order valence-electron chi connectivity index (χ1n) is 14.0. The van der Waals surface area contributed by atoms with Gasteiger partial charge in [0.1, 0.15) is 23.6 Å². The van der Waals surface area contributed by atoms with Crippen LogP contribution in [0.15, 0.2) is 53.4 Å². The standard InChI is InChI=1S/C31H41N5O3/c1-5-26(27-9-7-6-8-22(27)2)31(38)29-19-30(34-20-33-29)35-16-13-24(14-17-35)36(21-37)15-12-23-18-25(39-4)10-11-28(23)32-3/h5,10-11,18-21,24,32H,6-9,12-17H2,1-4H3/b26-5+. The van der Waals surface area contributed by atoms with Crippen molar-refractivity contribution >= 4 is 23.7 Å². The topological polar surface area (TPSA) is 87.7 Å². The van der Waals surface area contributed by atoms with E-state index in [9.17, 15) is 9.59 Å². The van der Waals surface area contributed by atoms with Crippen LogP contribution in [0.5, 0.6) is 5.75 Å². The van der Waals surface area contributed by atoms with Crippen LogP contribution in [0.4, 0.5) is 11.5 Å². The maximum atomic E-state index is 13.4. The van der Waals surface area contributed by atoms with E-state index in [2.05, 4.69) is 27.1 Å². The van der Waals surface area contributed by atoms with Gasteiger partial charge in [0.15, 0.2) is 0 Å². The van der Waals surface area contributed by atoms with Gasteiger partial charge in [-0.2, -0.15) is 0 Å². The quantitative estimate of drug-likeness (QED) is 0.242. The molecule has 8 nitrogen and oxygen atoms in total. The molecule has 1 aromatic heterocycles. The lowest BCUT2D eigenvalue weighted by Crippen LogP contribution is -2.45. The Kier molecular flexibility index (Phi) is 9.74. The summed E-state index contributed by atoms with van der Waals surface area (Å²) in [5.74, 6) is 1.55. The second-order valence-electron chi connectivity index (χ2n) is 10.3. The number of nitrogens with zero attached hydrogens (tertiary/aromatic N) is 4. The summed E-state index contributed by atoms with van der Waals surface area (Å²) in [6, 6.07) is 7.95. The Hall–Kier alpha value is -3.68. The smallest absolute Gasteiger partial charge is 0.211 e. The number of benzene rings is 1. The SMILES string of the molecule is C/C=C(/C(=O)c1cc(N2CCC(N(C=O)CCc3cc(OC)ccc3NC)CC2)ncn1)C1=C(C)CCCC1. The number of methoxy groups -OCH3 is 1. The molecule has 0 unspecified atom stereocenters. The Bertz CT molecular complexity index is 1230. The molecule has 0 atom stereocenters. The third-order valence-electron chi connectivity index (χ3n) is 8.10. The molecule has 1 amide bonds. The number of Topliss-reactive ketones (excluding diaryl/α,β-unsaturated/α-hetero) is 1. The summed E-state index contributed by atoms with van der Waals surface area (Å²) in [6.45, 7) is 6.24. The Morgan fingerprint density at radius 3 is 2.62 bits per heavy atom. The van der Waals surface area contributed by atoms with Crippen LogP contribution in [0.3, 0.4) is 0 Å². The van der Waals surface area contributed by atoms with E-state index in [1.807, 2.05) is 49.2 Å². The molecule has 0 radical (unpaired) electrons. The van der Waals surface area contributed by atoms with Gasteiger partial charge in [0.25, 0.3) is 0 Å². The molecule has 0 saturated carbocycles. The van der Waals surface area contributed by atoms with E-state index in [1.54, 1.807) is 7.11 Å². The van der Waals surface area contributed by atoms with Crippen molar-refractivity contribution in [3.8, 4) is 5.75 Å². The minimum atomic E-state index is -0.0297. The monoisotopic (exact) mass is 531 g/mol. The van der Waals surface area contributed by atoms with Gasteiger partial charge < -0.3 is 19.9 Å². The number of carbonyl (C=O) groups excluding carboxylic acids is 2. The van der Waals surface area contributed by atoms with E-state index in [1.165, 1.54) is 23.9 Å². The van der Waals surface area contributed by atoms with Crippen molar-refractivity contribution in [1.82, 2.24) is 14.9 Å². The fourth-order valence-electron chi connectivity index (χ4n) is 5.79. The Morgan fingerprint density at radius 1 is 1.18 bits per heavy atom. The molecular formula is C31H41N5O3. The van der Waals surface area contributed by atoms with E-state index >= 15 is 0 Å². The molecule has 2 aliphatic rings. The Morgan fingerprint density at radius 2 is 1.95 bits per heavy atom. The molecule has 2 aromatic rings. The zero-order chi connectivity index (χ0) is 27.8. The summed E-state index contributed by atoms with van der Waals surface area (Å²) >= 11 is 0. The number of carbonyl (C=O) groups is 2. The number of rotatable bonds is 11. The molecule has 4 rings (SSSR count). The minimum Gasteiger partial charge on any atom is -0.497 e. The average molecular weight is 532 g/mol. The van der Waals surface area contributed by atoms with Crippen LogP contribution in [0, 0.1) is 0 Å². The zero-order valence-electron chi connectivity index (χ0n) is 23.7. The van der Waals surface area contributed by atoms with Crippen molar-refractivity contribution in [2.75, 3.05) is 44.0 Å². The highest BCUT2D eigenvalue weighted by molar-refractivity contribution is 6.10. The van der Waals surface area contributed by atoms with E-state index in [0.29, 0.717) is 12.2 Å². The van der Waals surface area contributed by atoms with Crippen molar-refractivity contribution in [3.05, 3.63) is 64.6 Å². The summed E-state index contributed by atoms with van der Waals surface area (Å²) in [6.07, 6.45) is 11.1. The van der Waals surface area contributed by atoms with Gasteiger partial charge in [0.2, 0.25) is 12.2 Å². The number of aromatic nitrogens is 2. The summed E-state index contributed by atoms with van der Waals surface area (Å²) < 4.78 is 5.38. The highest BCUT2D eigenvalue weighted by Crippen LogP contribution is 2.31. The molecule has 0 bridgehead atoms. The molecule has 39 heavy (non-hydrogen) atoms. The fraction of sp³-hybridized carbons (Fsp3) is 0.484. The first kappa shape index (κ1) is 28.3. The number of ketones is 1. The second kappa shape index (κ2) is 13.4. The lowest BCUT2D eigenvalue weighted by atomic mass is 9.85. The van der Waals surface area contributed by atoms with E-state index in [0.717, 1.165) is 86.4 Å². The van der Waals surface area contributed by atoms with Gasteiger partial charge in [-0.3, -0.25) is 9.59 Å². The number of hydrogen-bond acceptors (Lipinski definition) is 7. The van der Waals surface area contributed by atoms with Crippen molar-refractivity contribution in [3.63, 3.8) is 0 Å². The molecule has 0 spiro atoms. The van der Waals surface area contributed by atoms with Gasteiger partial charge in [0, 0.05) is 50.1 Å². The lowest BCUT2D eigenvalue weighted by molar-refractivity contribution is -0.120. The molecule has 1 N–H and O–H groups in total. The summed E-state index contributed by atoms with van der Waals surface area (Å²) in [7, 11) is 3.56. The van der Waals surface area contributed by atoms with Crippen LogP contribution in [0.25, 0.3) is 0 Å². The maximum Gasteiger partial charge on any atom is 0.211 e. The first-order valence-corrected chi connectivity index (χ1v) is 14.0. The highest BCUT2D eigenvalue weighted by atomic mass is 16.5. The van der Waals surface area contributed by atoms with Crippen molar-refractivity contribution in [2.45, 2.75) is 64.8 Å². The number of anilines is 2. The van der Waals surface area contributed by atoms with Crippen molar-refractivity contribution in [2.24, 2.45) is 0 Å². The van der Waals surface area contributed by atoms with Crippen LogP contribution in [0.1, 0.15) is 68.4 Å². The number of hydrogen-bond donors (Lipinski definition) is 1. The predicted octanol–water partition coefficient (Wildman–Crippen LogP) is 5.22. The lowest BCUT2D eigenvalue weighted by Gasteiger charge is -2.37. The largest absolute Gasteiger partial charge is 0.497 e. The maximum absolute atomic E-state index is 13.4. The number of piperidine rings is 1. The van der Waals surface area contributed by atoms with Gasteiger partial charge in [0.05, 0.1) is 7.11 Å². The number of allylic oxidation sites excluding steroid dienone is 4. The van der Waals surface area contributed by atoms with Crippen LogP contribution in [-0.4, -0.2) is 66.9 Å². The molecule has 8 heteroatoms. The van der Waals surface area contributed by atoms with Crippen LogP contribution in [-0.2, 0) is 11.2 Å². The summed E-state index contributed by atoms with van der Waals surface area (Å²) in [5, 5.41) is 3.22. The number of nitrogens with one attached hydrogen (secondary N) is 1. The second-order valence-corrected chi connectivity index (χ2v) is 10.3. The van der Waals surface area contributed by atoms with Gasteiger partial charge >= 0.3 is 0 Å². The van der Waals surface area contributed by atoms with Crippen molar-refractivity contribution in [1.29, 1.82) is 0 Å². The Balaban J connectivity index is 1.39. The predicted molar refractivity (Wildman–Crippen MR) is 156 cm³/mol. The van der Waals surface area contributed by atoms with Crippen LogP contribution >= 0.6 is 0 Å². The molecule has 1 saturated heterocycles. The molecule has 1 aliphatic heterocycles. The molecule has 1 aromatic carbocycles. The molecule has 1 aliphatic carbocycles. The van der Waals surface area contributed by atoms with E-state index in [-0.39, 0.29) is 11.8 Å². The van der Waals surface area contributed by atoms with Gasteiger partial charge in [-0.1, -0.05) is 11.6 Å². The number of ether oxygens (including phenoxy) is 1.